The number of carbonyl (C=O) groups excluding carboxylic acids is 2. The molecule has 2 aromatic carbocycles. The van der Waals surface area contributed by atoms with Gasteiger partial charge in [0.25, 0.3) is 0 Å². The van der Waals surface area contributed by atoms with Crippen molar-refractivity contribution < 1.29 is 32.2 Å². The van der Waals surface area contributed by atoms with Crippen molar-refractivity contribution in [1.29, 1.82) is 0 Å². The van der Waals surface area contributed by atoms with Crippen molar-refractivity contribution in [3.05, 3.63) is 63.6 Å². The SMILES string of the molecule is COC(c1ccc(Cl)c(NC(=O)[C@H](c2ccc(Cl)cc2)[C@@H](C)C(F)(F)F)c1)C1(C(=O)OC(C)(C)C)CC1. The van der Waals surface area contributed by atoms with Crippen LogP contribution in [0.4, 0.5) is 18.9 Å². The van der Waals surface area contributed by atoms with E-state index in [1.165, 1.54) is 43.5 Å². The molecule has 0 heterocycles. The summed E-state index contributed by atoms with van der Waals surface area (Å²) < 4.78 is 52.4. The molecule has 0 radical (unpaired) electrons. The molecule has 1 fully saturated rings. The van der Waals surface area contributed by atoms with Gasteiger partial charge in [0.15, 0.2) is 0 Å². The van der Waals surface area contributed by atoms with Gasteiger partial charge in [0.2, 0.25) is 5.91 Å². The van der Waals surface area contributed by atoms with E-state index in [9.17, 15) is 22.8 Å². The Hall–Kier alpha value is -2.29. The molecule has 37 heavy (non-hydrogen) atoms. The Morgan fingerprint density at radius 2 is 1.57 bits per heavy atom. The van der Waals surface area contributed by atoms with Crippen LogP contribution in [-0.2, 0) is 19.1 Å². The quantitative estimate of drug-likeness (QED) is 0.336. The summed E-state index contributed by atoms with van der Waals surface area (Å²) in [5, 5.41) is 3.02. The molecule has 0 saturated heterocycles. The molecule has 0 spiro atoms. The maximum atomic E-state index is 13.7. The molecule has 0 aromatic heterocycles. The highest BCUT2D eigenvalue weighted by atomic mass is 35.5. The molecule has 202 valence electrons. The Balaban J connectivity index is 1.93. The monoisotopic (exact) mass is 559 g/mol. The second-order valence-electron chi connectivity index (χ2n) is 10.4. The zero-order chi connectivity index (χ0) is 27.8. The molecule has 5 nitrogen and oxygen atoms in total. The maximum absolute atomic E-state index is 13.7. The number of rotatable bonds is 8. The number of esters is 1. The normalized spacial score (nSPS) is 17.5. The number of nitrogens with one attached hydrogen (secondary N) is 1. The third-order valence-electron chi connectivity index (χ3n) is 6.41. The molecule has 1 N–H and O–H groups in total. The van der Waals surface area contributed by atoms with Gasteiger partial charge in [0.05, 0.1) is 34.1 Å². The second kappa shape index (κ2) is 10.8. The summed E-state index contributed by atoms with van der Waals surface area (Å²) in [4.78, 5) is 26.2. The van der Waals surface area contributed by atoms with Crippen LogP contribution in [-0.4, -0.2) is 30.8 Å². The standard InChI is InChI=1S/C27H30Cl2F3NO4/c1-15(27(30,31)32)21(16-6-9-18(28)10-7-16)23(34)33-20-14-17(8-11-19(20)29)22(36-5)26(12-13-26)24(35)37-25(2,3)4/h6-11,14-15,21-22H,12-13H2,1-5H3,(H,33,34)/t15-,21+,22?/m1/s1. The maximum Gasteiger partial charge on any atom is 0.392 e. The fraction of sp³-hybridized carbons (Fsp3) is 0.481. The Morgan fingerprint density at radius 1 is 1.00 bits per heavy atom. The van der Waals surface area contributed by atoms with Gasteiger partial charge in [0, 0.05) is 12.1 Å². The van der Waals surface area contributed by atoms with Crippen molar-refractivity contribution in [3.8, 4) is 0 Å². The van der Waals surface area contributed by atoms with Crippen LogP contribution in [0.5, 0.6) is 0 Å². The van der Waals surface area contributed by atoms with Gasteiger partial charge in [0.1, 0.15) is 5.60 Å². The number of anilines is 1. The summed E-state index contributed by atoms with van der Waals surface area (Å²) in [6, 6.07) is 10.3. The van der Waals surface area contributed by atoms with Crippen LogP contribution in [0.15, 0.2) is 42.5 Å². The molecule has 1 aliphatic carbocycles. The zero-order valence-corrected chi connectivity index (χ0v) is 22.7. The molecule has 0 bridgehead atoms. The van der Waals surface area contributed by atoms with E-state index in [0.717, 1.165) is 6.92 Å². The van der Waals surface area contributed by atoms with Crippen molar-refractivity contribution in [2.45, 2.75) is 64.3 Å². The molecule has 1 aliphatic rings. The van der Waals surface area contributed by atoms with E-state index in [0.29, 0.717) is 23.4 Å². The first-order chi connectivity index (χ1) is 17.1. The lowest BCUT2D eigenvalue weighted by molar-refractivity contribution is -0.178. The Morgan fingerprint density at radius 3 is 2.05 bits per heavy atom. The van der Waals surface area contributed by atoms with Gasteiger partial charge >= 0.3 is 12.1 Å². The molecule has 2 aromatic rings. The van der Waals surface area contributed by atoms with Crippen molar-refractivity contribution in [1.82, 2.24) is 0 Å². The molecule has 1 amide bonds. The first kappa shape index (κ1) is 29.3. The van der Waals surface area contributed by atoms with Crippen molar-refractivity contribution in [3.63, 3.8) is 0 Å². The minimum Gasteiger partial charge on any atom is -0.459 e. The van der Waals surface area contributed by atoms with Crippen molar-refractivity contribution in [2.75, 3.05) is 12.4 Å². The van der Waals surface area contributed by atoms with Crippen LogP contribution in [0.3, 0.4) is 0 Å². The van der Waals surface area contributed by atoms with Gasteiger partial charge in [-0.15, -0.1) is 0 Å². The summed E-state index contributed by atoms with van der Waals surface area (Å²) in [5.41, 5.74) is -0.767. The predicted molar refractivity (Wildman–Crippen MR) is 137 cm³/mol. The first-order valence-electron chi connectivity index (χ1n) is 11.8. The van der Waals surface area contributed by atoms with Crippen LogP contribution in [0.1, 0.15) is 63.7 Å². The van der Waals surface area contributed by atoms with Crippen LogP contribution in [0.25, 0.3) is 0 Å². The van der Waals surface area contributed by atoms with E-state index in [2.05, 4.69) is 5.32 Å². The summed E-state index contributed by atoms with van der Waals surface area (Å²) >= 11 is 12.2. The zero-order valence-electron chi connectivity index (χ0n) is 21.2. The number of methoxy groups -OCH3 is 1. The summed E-state index contributed by atoms with van der Waals surface area (Å²) in [5.74, 6) is -4.81. The highest BCUT2D eigenvalue weighted by Crippen LogP contribution is 2.58. The number of benzene rings is 2. The highest BCUT2D eigenvalue weighted by molar-refractivity contribution is 6.33. The lowest BCUT2D eigenvalue weighted by Gasteiger charge is -2.29. The van der Waals surface area contributed by atoms with E-state index >= 15 is 0 Å². The Bertz CT molecular complexity index is 1140. The summed E-state index contributed by atoms with van der Waals surface area (Å²) in [6.07, 6.45) is -4.23. The number of alkyl halides is 3. The Kier molecular flexibility index (Phi) is 8.57. The number of ether oxygens (including phenoxy) is 2. The van der Waals surface area contributed by atoms with Gasteiger partial charge < -0.3 is 14.8 Å². The predicted octanol–water partition coefficient (Wildman–Crippen LogP) is 7.72. The van der Waals surface area contributed by atoms with E-state index in [4.69, 9.17) is 32.7 Å². The fourth-order valence-corrected chi connectivity index (χ4v) is 4.60. The molecular weight excluding hydrogens is 530 g/mol. The van der Waals surface area contributed by atoms with E-state index in [-0.39, 0.29) is 16.3 Å². The van der Waals surface area contributed by atoms with E-state index < -0.39 is 47.0 Å². The molecule has 10 heteroatoms. The van der Waals surface area contributed by atoms with Gasteiger partial charge in [-0.2, -0.15) is 13.2 Å². The van der Waals surface area contributed by atoms with Crippen LogP contribution in [0.2, 0.25) is 10.0 Å². The number of halogens is 5. The van der Waals surface area contributed by atoms with E-state index in [1.807, 2.05) is 0 Å². The minimum atomic E-state index is -4.62. The van der Waals surface area contributed by atoms with Crippen molar-refractivity contribution in [2.24, 2.45) is 11.3 Å². The molecule has 3 atom stereocenters. The van der Waals surface area contributed by atoms with Crippen LogP contribution >= 0.6 is 23.2 Å². The van der Waals surface area contributed by atoms with Gasteiger partial charge in [-0.05, 0) is 69.0 Å². The molecule has 0 aliphatic heterocycles. The molecule has 3 rings (SSSR count). The van der Waals surface area contributed by atoms with E-state index in [1.54, 1.807) is 26.8 Å². The molecular formula is C27H30Cl2F3NO4. The number of hydrogen-bond donors (Lipinski definition) is 1. The average Bonchev–Trinajstić information content (AvgIpc) is 3.58. The first-order valence-corrected chi connectivity index (χ1v) is 12.5. The highest BCUT2D eigenvalue weighted by Gasteiger charge is 2.59. The average molecular weight is 560 g/mol. The van der Waals surface area contributed by atoms with Crippen LogP contribution < -0.4 is 5.32 Å². The summed E-state index contributed by atoms with van der Waals surface area (Å²) in [6.45, 7) is 6.28. The van der Waals surface area contributed by atoms with Crippen LogP contribution in [0, 0.1) is 11.3 Å². The minimum absolute atomic E-state index is 0.111. The van der Waals surface area contributed by atoms with Gasteiger partial charge in [-0.25, -0.2) is 0 Å². The third kappa shape index (κ3) is 6.78. The molecule has 1 unspecified atom stereocenters. The number of hydrogen-bond acceptors (Lipinski definition) is 4. The fourth-order valence-electron chi connectivity index (χ4n) is 4.31. The third-order valence-corrected chi connectivity index (χ3v) is 6.99. The molecule has 1 saturated carbocycles. The second-order valence-corrected chi connectivity index (χ2v) is 11.2. The summed E-state index contributed by atoms with van der Waals surface area (Å²) in [7, 11) is 1.46. The Labute approximate surface area is 224 Å². The smallest absolute Gasteiger partial charge is 0.392 e. The number of carbonyl (C=O) groups is 2. The van der Waals surface area contributed by atoms with Gasteiger partial charge in [-0.1, -0.05) is 48.3 Å². The van der Waals surface area contributed by atoms with Gasteiger partial charge in [-0.3, -0.25) is 9.59 Å². The number of amides is 1. The topological polar surface area (TPSA) is 64.6 Å². The largest absolute Gasteiger partial charge is 0.459 e. The lowest BCUT2D eigenvalue weighted by atomic mass is 9.85. The lowest BCUT2D eigenvalue weighted by Crippen LogP contribution is -2.34. The van der Waals surface area contributed by atoms with Crippen molar-refractivity contribution >= 4 is 40.8 Å².